The van der Waals surface area contributed by atoms with Gasteiger partial charge in [-0.05, 0) is 0 Å². The van der Waals surface area contributed by atoms with Gasteiger partial charge in [0.1, 0.15) is 0 Å². The Balaban J connectivity index is 1.95. The van der Waals surface area contributed by atoms with Gasteiger partial charge in [0.2, 0.25) is 0 Å². The van der Waals surface area contributed by atoms with Crippen LogP contribution >= 0.6 is 0 Å². The zero-order chi connectivity index (χ0) is 13.1. The van der Waals surface area contributed by atoms with Gasteiger partial charge in [-0.15, -0.1) is 0 Å². The van der Waals surface area contributed by atoms with Crippen molar-refractivity contribution in [1.82, 2.24) is 0 Å². The van der Waals surface area contributed by atoms with E-state index in [0.29, 0.717) is 0 Å². The van der Waals surface area contributed by atoms with Crippen LogP contribution in [0.15, 0.2) is 65.7 Å². The van der Waals surface area contributed by atoms with E-state index >= 15 is 0 Å². The third-order valence-corrected chi connectivity index (χ3v) is 5.11. The minimum absolute atomic E-state index is 0.235. The van der Waals surface area contributed by atoms with E-state index in [1.807, 2.05) is 24.3 Å². The normalized spacial score (nSPS) is 15.8. The molecule has 0 radical (unpaired) electrons. The summed E-state index contributed by atoms with van der Waals surface area (Å²) in [6.45, 7) is 2.10. The molecule has 94 valence electrons. The van der Waals surface area contributed by atoms with Crippen LogP contribution in [-0.2, 0) is 0 Å². The number of rotatable bonds is 1. The van der Waals surface area contributed by atoms with Gasteiger partial charge in [0.15, 0.2) is 0 Å². The van der Waals surface area contributed by atoms with Crippen LogP contribution in [0.4, 0.5) is 11.4 Å². The van der Waals surface area contributed by atoms with Crippen LogP contribution in [0.1, 0.15) is 12.5 Å². The Morgan fingerprint density at radius 3 is 2.53 bits per heavy atom. The number of fused-ring (bicyclic) bond motifs is 1. The third-order valence-electron chi connectivity index (χ3n) is 2.89. The second-order valence-electron chi connectivity index (χ2n) is 4.18. The molecular weight excluding hydrogens is 299 g/mol. The summed E-state index contributed by atoms with van der Waals surface area (Å²) in [5, 5.41) is 3.42. The Morgan fingerprint density at radius 1 is 1.00 bits per heavy atom. The zero-order valence-electron chi connectivity index (χ0n) is 10.6. The van der Waals surface area contributed by atoms with E-state index in [1.165, 1.54) is 10.0 Å². The van der Waals surface area contributed by atoms with Gasteiger partial charge in [0.05, 0.1) is 0 Å². The number of hydrogen-bond acceptors (Lipinski definition) is 2. The van der Waals surface area contributed by atoms with E-state index < -0.39 is 0 Å². The van der Waals surface area contributed by atoms with Gasteiger partial charge < -0.3 is 0 Å². The van der Waals surface area contributed by atoms with Gasteiger partial charge in [-0.2, -0.15) is 0 Å². The van der Waals surface area contributed by atoms with E-state index in [1.54, 1.807) is 0 Å². The summed E-state index contributed by atoms with van der Waals surface area (Å²) < 4.78 is 2.45. The summed E-state index contributed by atoms with van der Waals surface area (Å²) in [5.41, 5.74) is 3.42. The molecule has 1 aliphatic heterocycles. The predicted molar refractivity (Wildman–Crippen MR) is 83.0 cm³/mol. The Hall–Kier alpha value is -1.83. The Labute approximate surface area is 119 Å². The first kappa shape index (κ1) is 12.2. The molecule has 0 aliphatic carbocycles. The number of para-hydroxylation sites is 2. The van der Waals surface area contributed by atoms with E-state index in [0.717, 1.165) is 16.1 Å². The van der Waals surface area contributed by atoms with Crippen LogP contribution in [0.3, 0.4) is 0 Å². The number of allylic oxidation sites excluding steroid dienone is 1. The van der Waals surface area contributed by atoms with Crippen molar-refractivity contribution in [3.05, 3.63) is 66.2 Å². The van der Waals surface area contributed by atoms with E-state index in [-0.39, 0.29) is 15.0 Å². The second-order valence-corrected chi connectivity index (χ2v) is 6.34. The summed E-state index contributed by atoms with van der Waals surface area (Å²) in [7, 11) is 0. The first-order chi connectivity index (χ1) is 9.36. The number of nitrogens with one attached hydrogen (secondary N) is 1. The van der Waals surface area contributed by atoms with Crippen LogP contribution in [0.25, 0.3) is 4.47 Å². The van der Waals surface area contributed by atoms with Crippen molar-refractivity contribution >= 4 is 35.5 Å². The van der Waals surface area contributed by atoms with Crippen molar-refractivity contribution in [1.29, 1.82) is 0 Å². The Morgan fingerprint density at radius 2 is 1.74 bits per heavy atom. The summed E-state index contributed by atoms with van der Waals surface area (Å²) in [4.78, 5) is 4.73. The molecular formula is C16H14N2Se. The molecule has 3 rings (SSSR count). The van der Waals surface area contributed by atoms with Gasteiger partial charge in [0, 0.05) is 0 Å². The molecule has 0 saturated carbocycles. The monoisotopic (exact) mass is 314 g/mol. The molecule has 0 aromatic heterocycles. The van der Waals surface area contributed by atoms with Crippen LogP contribution in [-0.4, -0.2) is 19.7 Å². The first-order valence-corrected chi connectivity index (χ1v) is 7.92. The van der Waals surface area contributed by atoms with E-state index in [4.69, 9.17) is 4.99 Å². The van der Waals surface area contributed by atoms with Crippen LogP contribution < -0.4 is 5.32 Å². The third kappa shape index (κ3) is 2.62. The molecule has 1 N–H and O–H groups in total. The number of aliphatic imine (C=N–C) groups is 1. The SMILES string of the molecule is C/C=C1\[Se]C(Nc2ccccc2)=Nc2ccccc21. The van der Waals surface area contributed by atoms with Crippen molar-refractivity contribution in [3.8, 4) is 0 Å². The molecule has 0 bridgehead atoms. The van der Waals surface area contributed by atoms with Crippen molar-refractivity contribution < 1.29 is 0 Å². The molecule has 2 nitrogen and oxygen atoms in total. The summed E-state index contributed by atoms with van der Waals surface area (Å²) >= 11 is 0.235. The van der Waals surface area contributed by atoms with Gasteiger partial charge in [0.25, 0.3) is 0 Å². The molecule has 3 heteroatoms. The minimum atomic E-state index is 0.235. The molecule has 0 spiro atoms. The van der Waals surface area contributed by atoms with Gasteiger partial charge >= 0.3 is 119 Å². The standard InChI is InChI=1S/C16H14N2Se/c1-2-15-13-10-6-7-11-14(13)18-16(19-15)17-12-8-4-3-5-9-12/h2-11H,1H3,(H,17,18)/b15-2-. The molecule has 1 heterocycles. The van der Waals surface area contributed by atoms with Crippen LogP contribution in [0.2, 0.25) is 0 Å². The van der Waals surface area contributed by atoms with Gasteiger partial charge in [-0.25, -0.2) is 0 Å². The average molecular weight is 313 g/mol. The quantitative estimate of drug-likeness (QED) is 0.794. The molecule has 0 fully saturated rings. The molecule has 0 atom stereocenters. The van der Waals surface area contributed by atoms with Crippen LogP contribution in [0, 0.1) is 0 Å². The average Bonchev–Trinajstić information content (AvgIpc) is 2.47. The second kappa shape index (κ2) is 5.43. The summed E-state index contributed by atoms with van der Waals surface area (Å²) in [5.74, 6) is 0. The summed E-state index contributed by atoms with van der Waals surface area (Å²) in [6.07, 6.45) is 2.19. The van der Waals surface area contributed by atoms with Crippen molar-refractivity contribution in [3.63, 3.8) is 0 Å². The maximum absolute atomic E-state index is 4.73. The fraction of sp³-hybridized carbons (Fsp3) is 0.0625. The number of anilines is 1. The molecule has 0 unspecified atom stereocenters. The molecule has 0 amide bonds. The van der Waals surface area contributed by atoms with Crippen LogP contribution in [0.5, 0.6) is 0 Å². The van der Waals surface area contributed by atoms with Gasteiger partial charge in [-0.1, -0.05) is 0 Å². The predicted octanol–water partition coefficient (Wildman–Crippen LogP) is 3.86. The van der Waals surface area contributed by atoms with E-state index in [2.05, 4.69) is 48.6 Å². The van der Waals surface area contributed by atoms with Crippen molar-refractivity contribution in [2.45, 2.75) is 6.92 Å². The zero-order valence-corrected chi connectivity index (χ0v) is 12.3. The topological polar surface area (TPSA) is 24.4 Å². The number of amidine groups is 1. The molecule has 1 aliphatic rings. The van der Waals surface area contributed by atoms with Crippen molar-refractivity contribution in [2.75, 3.05) is 5.32 Å². The Bertz CT molecular complexity index is 645. The molecule has 19 heavy (non-hydrogen) atoms. The number of benzene rings is 2. The fourth-order valence-corrected chi connectivity index (χ4v) is 3.92. The molecule has 0 saturated heterocycles. The maximum atomic E-state index is 4.73. The molecule has 2 aromatic carbocycles. The number of nitrogens with zero attached hydrogens (tertiary/aromatic N) is 1. The molecule has 2 aromatic rings. The van der Waals surface area contributed by atoms with Crippen molar-refractivity contribution in [2.24, 2.45) is 4.99 Å². The summed E-state index contributed by atoms with van der Waals surface area (Å²) in [6, 6.07) is 18.5. The first-order valence-electron chi connectivity index (χ1n) is 6.21. The van der Waals surface area contributed by atoms with E-state index in [9.17, 15) is 0 Å². The fourth-order valence-electron chi connectivity index (χ4n) is 1.98. The Kier molecular flexibility index (Phi) is 3.49. The number of hydrogen-bond donors (Lipinski definition) is 1. The van der Waals surface area contributed by atoms with Gasteiger partial charge in [-0.3, -0.25) is 0 Å².